The van der Waals surface area contributed by atoms with Crippen LogP contribution in [0.5, 0.6) is 0 Å². The van der Waals surface area contributed by atoms with Crippen molar-refractivity contribution < 1.29 is 0 Å². The molecule has 0 aliphatic rings. The monoisotopic (exact) mass is 316 g/mol. The van der Waals surface area contributed by atoms with Crippen LogP contribution in [0.3, 0.4) is 0 Å². The summed E-state index contributed by atoms with van der Waals surface area (Å²) >= 11 is 3.40. The molecule has 0 aliphatic carbocycles. The van der Waals surface area contributed by atoms with E-state index in [9.17, 15) is 0 Å². The minimum atomic E-state index is 0.732. The molecule has 0 atom stereocenters. The number of aryl methyl sites for hydroxylation is 1. The Balaban J connectivity index is 1.80. The number of hydrogen-bond acceptors (Lipinski definition) is 3. The van der Waals surface area contributed by atoms with Crippen LogP contribution in [0.25, 0.3) is 5.52 Å². The van der Waals surface area contributed by atoms with Crippen LogP contribution >= 0.6 is 15.9 Å². The molecule has 0 aromatic carbocycles. The van der Waals surface area contributed by atoms with Crippen molar-refractivity contribution in [3.63, 3.8) is 0 Å². The van der Waals surface area contributed by atoms with Gasteiger partial charge in [-0.05, 0) is 46.6 Å². The summed E-state index contributed by atoms with van der Waals surface area (Å²) in [7, 11) is 0. The van der Waals surface area contributed by atoms with Gasteiger partial charge in [0.05, 0.1) is 23.6 Å². The molecule has 0 bridgehead atoms. The lowest BCUT2D eigenvalue weighted by molar-refractivity contribution is 0.961. The van der Waals surface area contributed by atoms with Gasteiger partial charge in [-0.25, -0.2) is 9.50 Å². The molecule has 3 heterocycles. The molecule has 0 aliphatic heterocycles. The molecule has 5 heteroatoms. The third-order valence-corrected chi connectivity index (χ3v) is 3.83. The zero-order valence-electron chi connectivity index (χ0n) is 10.5. The smallest absolute Gasteiger partial charge is 0.109 e. The van der Waals surface area contributed by atoms with Gasteiger partial charge < -0.3 is 5.32 Å². The molecule has 3 rings (SSSR count). The van der Waals surface area contributed by atoms with Crippen LogP contribution in [0.4, 0.5) is 5.69 Å². The quantitative estimate of drug-likeness (QED) is 0.753. The van der Waals surface area contributed by atoms with E-state index in [4.69, 9.17) is 0 Å². The molecule has 0 fully saturated rings. The molecule has 0 saturated heterocycles. The van der Waals surface area contributed by atoms with Crippen molar-refractivity contribution in [3.8, 4) is 0 Å². The first kappa shape index (κ1) is 12.2. The van der Waals surface area contributed by atoms with E-state index in [2.05, 4.69) is 43.5 Å². The largest absolute Gasteiger partial charge is 0.380 e. The number of rotatable bonds is 3. The molecule has 3 aromatic rings. The second kappa shape index (κ2) is 5.01. The third-order valence-electron chi connectivity index (χ3n) is 3.00. The minimum Gasteiger partial charge on any atom is -0.380 e. The van der Waals surface area contributed by atoms with Gasteiger partial charge in [0.25, 0.3) is 0 Å². The van der Waals surface area contributed by atoms with Crippen molar-refractivity contribution in [3.05, 3.63) is 58.6 Å². The van der Waals surface area contributed by atoms with E-state index in [-0.39, 0.29) is 0 Å². The summed E-state index contributed by atoms with van der Waals surface area (Å²) in [4.78, 5) is 4.27. The summed E-state index contributed by atoms with van der Waals surface area (Å²) in [5, 5.41) is 7.69. The van der Waals surface area contributed by atoms with Crippen LogP contribution in [0, 0.1) is 6.92 Å². The second-order valence-corrected chi connectivity index (χ2v) is 5.14. The average Bonchev–Trinajstić information content (AvgIpc) is 2.83. The summed E-state index contributed by atoms with van der Waals surface area (Å²) < 4.78 is 2.76. The number of halogens is 1. The fourth-order valence-corrected chi connectivity index (χ4v) is 2.19. The van der Waals surface area contributed by atoms with Crippen molar-refractivity contribution in [1.29, 1.82) is 0 Å². The molecule has 0 unspecified atom stereocenters. The van der Waals surface area contributed by atoms with Crippen LogP contribution in [-0.2, 0) is 6.54 Å². The fourth-order valence-electron chi connectivity index (χ4n) is 1.98. The standard InChI is InChI=1S/C14H13BrN4/c1-10-6-12(9-17-14(10)15)16-7-11-8-18-19-5-3-2-4-13(11)19/h2-6,8-9,16H,7H2,1H3. The van der Waals surface area contributed by atoms with Crippen LogP contribution < -0.4 is 5.32 Å². The first-order valence-corrected chi connectivity index (χ1v) is 6.80. The van der Waals surface area contributed by atoms with Gasteiger partial charge in [-0.2, -0.15) is 5.10 Å². The van der Waals surface area contributed by atoms with Crippen LogP contribution in [0.2, 0.25) is 0 Å². The lowest BCUT2D eigenvalue weighted by Crippen LogP contribution is -2.00. The highest BCUT2D eigenvalue weighted by molar-refractivity contribution is 9.10. The molecule has 0 saturated carbocycles. The predicted molar refractivity (Wildman–Crippen MR) is 79.2 cm³/mol. The Morgan fingerprint density at radius 2 is 2.21 bits per heavy atom. The van der Waals surface area contributed by atoms with Crippen molar-refractivity contribution in [2.75, 3.05) is 5.32 Å². The molecule has 0 amide bonds. The van der Waals surface area contributed by atoms with Gasteiger partial charge in [0.1, 0.15) is 4.60 Å². The molecule has 0 radical (unpaired) electrons. The first-order chi connectivity index (χ1) is 9.24. The van der Waals surface area contributed by atoms with Crippen molar-refractivity contribution in [2.45, 2.75) is 13.5 Å². The van der Waals surface area contributed by atoms with E-state index in [0.29, 0.717) is 0 Å². The molecular formula is C14H13BrN4. The number of fused-ring (bicyclic) bond motifs is 1. The predicted octanol–water partition coefficient (Wildman–Crippen LogP) is 3.41. The zero-order chi connectivity index (χ0) is 13.2. The molecule has 96 valence electrons. The van der Waals surface area contributed by atoms with E-state index >= 15 is 0 Å². The van der Waals surface area contributed by atoms with Crippen LogP contribution in [0.15, 0.2) is 47.5 Å². The summed E-state index contributed by atoms with van der Waals surface area (Å²) in [6.07, 6.45) is 5.66. The van der Waals surface area contributed by atoms with E-state index < -0.39 is 0 Å². The topological polar surface area (TPSA) is 42.2 Å². The van der Waals surface area contributed by atoms with Gasteiger partial charge in [-0.3, -0.25) is 0 Å². The zero-order valence-corrected chi connectivity index (χ0v) is 12.1. The Morgan fingerprint density at radius 1 is 1.32 bits per heavy atom. The van der Waals surface area contributed by atoms with Crippen molar-refractivity contribution in [1.82, 2.24) is 14.6 Å². The summed E-state index contributed by atoms with van der Waals surface area (Å²) in [5.74, 6) is 0. The normalized spacial score (nSPS) is 10.8. The highest BCUT2D eigenvalue weighted by Gasteiger charge is 2.03. The molecular weight excluding hydrogens is 304 g/mol. The molecule has 3 aromatic heterocycles. The molecule has 4 nitrogen and oxygen atoms in total. The first-order valence-electron chi connectivity index (χ1n) is 6.01. The van der Waals surface area contributed by atoms with E-state index in [1.807, 2.05) is 42.2 Å². The third kappa shape index (κ3) is 2.46. The number of nitrogens with one attached hydrogen (secondary N) is 1. The molecule has 0 spiro atoms. The maximum Gasteiger partial charge on any atom is 0.109 e. The Kier molecular flexibility index (Phi) is 3.21. The average molecular weight is 317 g/mol. The van der Waals surface area contributed by atoms with Gasteiger partial charge >= 0.3 is 0 Å². The fraction of sp³-hybridized carbons (Fsp3) is 0.143. The SMILES string of the molecule is Cc1cc(NCc2cnn3ccccc23)cnc1Br. The van der Waals surface area contributed by atoms with Gasteiger partial charge in [0.2, 0.25) is 0 Å². The lowest BCUT2D eigenvalue weighted by atomic mass is 10.2. The van der Waals surface area contributed by atoms with E-state index in [1.165, 1.54) is 5.56 Å². The number of hydrogen-bond donors (Lipinski definition) is 1. The maximum atomic E-state index is 4.32. The summed E-state index contributed by atoms with van der Waals surface area (Å²) in [6, 6.07) is 8.13. The van der Waals surface area contributed by atoms with Crippen molar-refractivity contribution in [2.24, 2.45) is 0 Å². The van der Waals surface area contributed by atoms with Gasteiger partial charge in [0, 0.05) is 18.3 Å². The highest BCUT2D eigenvalue weighted by atomic mass is 79.9. The lowest BCUT2D eigenvalue weighted by Gasteiger charge is -2.06. The van der Waals surface area contributed by atoms with Crippen LogP contribution in [-0.4, -0.2) is 14.6 Å². The van der Waals surface area contributed by atoms with Gasteiger partial charge in [-0.1, -0.05) is 6.07 Å². The van der Waals surface area contributed by atoms with Gasteiger partial charge in [-0.15, -0.1) is 0 Å². The number of anilines is 1. The molecule has 1 N–H and O–H groups in total. The van der Waals surface area contributed by atoms with E-state index in [1.54, 1.807) is 0 Å². The Labute approximate surface area is 119 Å². The highest BCUT2D eigenvalue weighted by Crippen LogP contribution is 2.18. The summed E-state index contributed by atoms with van der Waals surface area (Å²) in [6.45, 7) is 2.76. The number of pyridine rings is 2. The second-order valence-electron chi connectivity index (χ2n) is 4.39. The van der Waals surface area contributed by atoms with Crippen LogP contribution in [0.1, 0.15) is 11.1 Å². The van der Waals surface area contributed by atoms with E-state index in [0.717, 1.165) is 27.9 Å². The Hall–Kier alpha value is -1.88. The molecule has 19 heavy (non-hydrogen) atoms. The minimum absolute atomic E-state index is 0.732. The number of aromatic nitrogens is 3. The Bertz CT molecular complexity index is 720. The Morgan fingerprint density at radius 3 is 3.05 bits per heavy atom. The van der Waals surface area contributed by atoms with Gasteiger partial charge in [0.15, 0.2) is 0 Å². The maximum absolute atomic E-state index is 4.32. The van der Waals surface area contributed by atoms with Crippen molar-refractivity contribution >= 4 is 27.1 Å². The number of nitrogens with zero attached hydrogens (tertiary/aromatic N) is 3. The summed E-state index contributed by atoms with van der Waals surface area (Å²) in [5.41, 5.74) is 4.42.